The quantitative estimate of drug-likeness (QED) is 0.873. The van der Waals surface area contributed by atoms with Gasteiger partial charge in [0.1, 0.15) is 0 Å². The Kier molecular flexibility index (Phi) is 5.65. The highest BCUT2D eigenvalue weighted by molar-refractivity contribution is 9.10. The van der Waals surface area contributed by atoms with Crippen LogP contribution in [0.15, 0.2) is 28.7 Å². The molecule has 0 bridgehead atoms. The summed E-state index contributed by atoms with van der Waals surface area (Å²) in [5.41, 5.74) is 1.42. The third-order valence-electron chi connectivity index (χ3n) is 4.52. The van der Waals surface area contributed by atoms with Crippen LogP contribution < -0.4 is 0 Å². The molecule has 1 aromatic rings. The minimum atomic E-state index is 0.105. The van der Waals surface area contributed by atoms with Crippen molar-refractivity contribution in [1.29, 1.82) is 0 Å². The zero-order valence-corrected chi connectivity index (χ0v) is 14.2. The second-order valence-electron chi connectivity index (χ2n) is 6.62. The van der Waals surface area contributed by atoms with Gasteiger partial charge in [0.15, 0.2) is 0 Å². The van der Waals surface area contributed by atoms with Crippen LogP contribution in [0.5, 0.6) is 0 Å². The lowest BCUT2D eigenvalue weighted by Crippen LogP contribution is -2.41. The molecule has 1 aromatic carbocycles. The van der Waals surface area contributed by atoms with Crippen LogP contribution in [-0.4, -0.2) is 30.2 Å². The van der Waals surface area contributed by atoms with Gasteiger partial charge in [-0.3, -0.25) is 0 Å². The molecule has 2 atom stereocenters. The monoisotopic (exact) mass is 339 g/mol. The van der Waals surface area contributed by atoms with E-state index >= 15 is 0 Å². The SMILES string of the molecule is CC1CCCC(CO)(CN(C)Cc2ccccc2Br)C1. The van der Waals surface area contributed by atoms with Crippen molar-refractivity contribution in [3.8, 4) is 0 Å². The van der Waals surface area contributed by atoms with Gasteiger partial charge in [-0.25, -0.2) is 0 Å². The lowest BCUT2D eigenvalue weighted by Gasteiger charge is -2.41. The first-order valence-corrected chi connectivity index (χ1v) is 8.37. The van der Waals surface area contributed by atoms with Crippen LogP contribution in [0.4, 0.5) is 0 Å². The Morgan fingerprint density at radius 2 is 2.15 bits per heavy atom. The third kappa shape index (κ3) is 4.06. The minimum Gasteiger partial charge on any atom is -0.396 e. The molecule has 0 spiro atoms. The van der Waals surface area contributed by atoms with Crippen LogP contribution in [0.2, 0.25) is 0 Å². The number of rotatable bonds is 5. The summed E-state index contributed by atoms with van der Waals surface area (Å²) in [5.74, 6) is 0.743. The van der Waals surface area contributed by atoms with Gasteiger partial charge in [-0.1, -0.05) is 53.9 Å². The Hall–Kier alpha value is -0.380. The molecule has 1 aliphatic carbocycles. The van der Waals surface area contributed by atoms with E-state index in [-0.39, 0.29) is 5.41 Å². The maximum atomic E-state index is 9.89. The lowest BCUT2D eigenvalue weighted by molar-refractivity contribution is 0.0290. The summed E-state index contributed by atoms with van der Waals surface area (Å²) in [5, 5.41) is 9.89. The Labute approximate surface area is 131 Å². The highest BCUT2D eigenvalue weighted by Gasteiger charge is 2.35. The van der Waals surface area contributed by atoms with Crippen molar-refractivity contribution in [3.63, 3.8) is 0 Å². The van der Waals surface area contributed by atoms with E-state index in [9.17, 15) is 5.11 Å². The fourth-order valence-corrected chi connectivity index (χ4v) is 4.06. The van der Waals surface area contributed by atoms with Crippen molar-refractivity contribution >= 4 is 15.9 Å². The fourth-order valence-electron chi connectivity index (χ4n) is 3.65. The maximum absolute atomic E-state index is 9.89. The first kappa shape index (κ1) is 16.0. The van der Waals surface area contributed by atoms with Crippen molar-refractivity contribution < 1.29 is 5.11 Å². The van der Waals surface area contributed by atoms with Crippen molar-refractivity contribution in [3.05, 3.63) is 34.3 Å². The smallest absolute Gasteiger partial charge is 0.0499 e. The molecule has 2 rings (SSSR count). The van der Waals surface area contributed by atoms with Crippen molar-refractivity contribution in [2.24, 2.45) is 11.3 Å². The van der Waals surface area contributed by atoms with Crippen molar-refractivity contribution in [1.82, 2.24) is 4.90 Å². The summed E-state index contributed by atoms with van der Waals surface area (Å²) < 4.78 is 1.17. The number of hydrogen-bond donors (Lipinski definition) is 1. The van der Waals surface area contributed by atoms with E-state index < -0.39 is 0 Å². The molecule has 1 saturated carbocycles. The van der Waals surface area contributed by atoms with E-state index in [2.05, 4.69) is 53.0 Å². The van der Waals surface area contributed by atoms with Crippen LogP contribution in [0, 0.1) is 11.3 Å². The standard InChI is InChI=1S/C17H26BrNO/c1-14-6-5-9-17(10-14,13-20)12-19(2)11-15-7-3-4-8-16(15)18/h3-4,7-8,14,20H,5-6,9-13H2,1-2H3. The molecule has 3 heteroatoms. The molecule has 112 valence electrons. The van der Waals surface area contributed by atoms with Gasteiger partial charge >= 0.3 is 0 Å². The predicted octanol–water partition coefficient (Wildman–Crippen LogP) is 4.07. The number of aliphatic hydroxyl groups is 1. The van der Waals surface area contributed by atoms with Crippen LogP contribution in [0.25, 0.3) is 0 Å². The molecule has 20 heavy (non-hydrogen) atoms. The topological polar surface area (TPSA) is 23.5 Å². The van der Waals surface area contributed by atoms with Gasteiger partial charge < -0.3 is 10.0 Å². The molecule has 0 aliphatic heterocycles. The van der Waals surface area contributed by atoms with Gasteiger partial charge in [-0.15, -0.1) is 0 Å². The molecule has 1 fully saturated rings. The van der Waals surface area contributed by atoms with Gasteiger partial charge in [0.05, 0.1) is 0 Å². The predicted molar refractivity (Wildman–Crippen MR) is 87.6 cm³/mol. The van der Waals surface area contributed by atoms with Gasteiger partial charge in [0.25, 0.3) is 0 Å². The van der Waals surface area contributed by atoms with E-state index in [0.29, 0.717) is 6.61 Å². The zero-order valence-electron chi connectivity index (χ0n) is 12.6. The summed E-state index contributed by atoms with van der Waals surface area (Å²) in [7, 11) is 2.16. The first-order valence-electron chi connectivity index (χ1n) is 7.57. The molecule has 0 saturated heterocycles. The molecule has 1 aliphatic rings. The number of benzene rings is 1. The van der Waals surface area contributed by atoms with E-state index in [0.717, 1.165) is 31.8 Å². The lowest BCUT2D eigenvalue weighted by atomic mass is 9.70. The van der Waals surface area contributed by atoms with E-state index in [1.807, 2.05) is 6.07 Å². The first-order chi connectivity index (χ1) is 9.54. The molecule has 0 radical (unpaired) electrons. The summed E-state index contributed by atoms with van der Waals surface area (Å²) in [4.78, 5) is 2.36. The average molecular weight is 340 g/mol. The second kappa shape index (κ2) is 7.06. The largest absolute Gasteiger partial charge is 0.396 e. The molecule has 2 unspecified atom stereocenters. The molecular formula is C17H26BrNO. The van der Waals surface area contributed by atoms with Gasteiger partial charge in [-0.2, -0.15) is 0 Å². The van der Waals surface area contributed by atoms with E-state index in [4.69, 9.17) is 0 Å². The minimum absolute atomic E-state index is 0.105. The molecular weight excluding hydrogens is 314 g/mol. The summed E-state index contributed by atoms with van der Waals surface area (Å²) in [6.07, 6.45) is 4.89. The van der Waals surface area contributed by atoms with Gasteiger partial charge in [-0.05, 0) is 37.4 Å². The fraction of sp³-hybridized carbons (Fsp3) is 0.647. The molecule has 0 aromatic heterocycles. The Bertz CT molecular complexity index is 437. The normalized spacial score (nSPS) is 26.9. The second-order valence-corrected chi connectivity index (χ2v) is 7.48. The average Bonchev–Trinajstić information content (AvgIpc) is 2.41. The van der Waals surface area contributed by atoms with E-state index in [1.165, 1.54) is 22.9 Å². The molecule has 1 N–H and O–H groups in total. The van der Waals surface area contributed by atoms with E-state index in [1.54, 1.807) is 0 Å². The summed E-state index contributed by atoms with van der Waals surface area (Å²) in [6, 6.07) is 8.38. The van der Waals surface area contributed by atoms with Crippen LogP contribution in [0.3, 0.4) is 0 Å². The number of halogens is 1. The Morgan fingerprint density at radius 3 is 2.80 bits per heavy atom. The molecule has 2 nitrogen and oxygen atoms in total. The summed E-state index contributed by atoms with van der Waals surface area (Å²) in [6.45, 7) is 4.54. The molecule has 0 amide bonds. The maximum Gasteiger partial charge on any atom is 0.0499 e. The van der Waals surface area contributed by atoms with Crippen LogP contribution in [0.1, 0.15) is 38.2 Å². The number of hydrogen-bond acceptors (Lipinski definition) is 2. The zero-order chi connectivity index (χ0) is 14.6. The third-order valence-corrected chi connectivity index (χ3v) is 5.30. The number of nitrogens with zero attached hydrogens (tertiary/aromatic N) is 1. The highest BCUT2D eigenvalue weighted by atomic mass is 79.9. The van der Waals surface area contributed by atoms with Crippen LogP contribution in [-0.2, 0) is 6.54 Å². The molecule has 0 heterocycles. The van der Waals surface area contributed by atoms with Gasteiger partial charge in [0.2, 0.25) is 0 Å². The van der Waals surface area contributed by atoms with Crippen molar-refractivity contribution in [2.45, 2.75) is 39.2 Å². The Balaban J connectivity index is 1.99. The highest BCUT2D eigenvalue weighted by Crippen LogP contribution is 2.39. The summed E-state index contributed by atoms with van der Waals surface area (Å²) >= 11 is 3.61. The van der Waals surface area contributed by atoms with Crippen LogP contribution >= 0.6 is 15.9 Å². The van der Waals surface area contributed by atoms with Crippen molar-refractivity contribution in [2.75, 3.05) is 20.2 Å². The Morgan fingerprint density at radius 1 is 1.40 bits per heavy atom. The van der Waals surface area contributed by atoms with Gasteiger partial charge in [0, 0.05) is 29.6 Å². The number of aliphatic hydroxyl groups excluding tert-OH is 1.